The lowest BCUT2D eigenvalue weighted by atomic mass is 10.1. The third-order valence-corrected chi connectivity index (χ3v) is 3.21. The van der Waals surface area contributed by atoms with Gasteiger partial charge in [0, 0.05) is 6.07 Å². The smallest absolute Gasteiger partial charge is 0.193 e. The van der Waals surface area contributed by atoms with Crippen molar-refractivity contribution in [1.82, 2.24) is 0 Å². The predicted molar refractivity (Wildman–Crippen MR) is 82.6 cm³/mol. The Morgan fingerprint density at radius 2 is 1.75 bits per heavy atom. The van der Waals surface area contributed by atoms with Crippen LogP contribution in [0.3, 0.4) is 0 Å². The minimum atomic E-state index is -0.0114. The second kappa shape index (κ2) is 5.17. The third kappa shape index (κ3) is 2.41. The maximum absolute atomic E-state index is 12.1. The molecule has 0 saturated carbocycles. The molecule has 0 aliphatic carbocycles. The van der Waals surface area contributed by atoms with Gasteiger partial charge in [0.25, 0.3) is 0 Å². The summed E-state index contributed by atoms with van der Waals surface area (Å²) in [6.07, 6.45) is 3.75. The van der Waals surface area contributed by atoms with Crippen LogP contribution in [0.5, 0.6) is 0 Å². The minimum Gasteiger partial charge on any atom is -0.456 e. The summed E-state index contributed by atoms with van der Waals surface area (Å²) in [5.74, 6) is 0.570. The van der Waals surface area contributed by atoms with E-state index in [1.54, 1.807) is 6.07 Å². The molecule has 20 heavy (non-hydrogen) atoms. The van der Waals surface area contributed by atoms with Crippen LogP contribution in [0.25, 0.3) is 23.1 Å². The van der Waals surface area contributed by atoms with E-state index >= 15 is 0 Å². The van der Waals surface area contributed by atoms with Crippen LogP contribution in [-0.4, -0.2) is 0 Å². The molecule has 0 saturated heterocycles. The highest BCUT2D eigenvalue weighted by molar-refractivity contribution is 5.81. The van der Waals surface area contributed by atoms with Gasteiger partial charge in [-0.2, -0.15) is 0 Å². The van der Waals surface area contributed by atoms with Crippen LogP contribution >= 0.6 is 0 Å². The third-order valence-electron chi connectivity index (χ3n) is 3.21. The van der Waals surface area contributed by atoms with E-state index in [-0.39, 0.29) is 5.43 Å². The molecule has 98 valence electrons. The monoisotopic (exact) mass is 262 g/mol. The fourth-order valence-corrected chi connectivity index (χ4v) is 2.16. The molecule has 0 atom stereocenters. The number of hydrogen-bond donors (Lipinski definition) is 0. The zero-order valence-corrected chi connectivity index (χ0v) is 11.2. The van der Waals surface area contributed by atoms with Crippen molar-refractivity contribution in [2.24, 2.45) is 0 Å². The van der Waals surface area contributed by atoms with Gasteiger partial charge in [-0.05, 0) is 30.2 Å². The van der Waals surface area contributed by atoms with E-state index in [4.69, 9.17) is 4.42 Å². The highest BCUT2D eigenvalue weighted by Gasteiger charge is 2.04. The van der Waals surface area contributed by atoms with Crippen molar-refractivity contribution >= 4 is 23.1 Å². The molecular formula is C18H14O2. The average Bonchev–Trinajstić information content (AvgIpc) is 2.47. The topological polar surface area (TPSA) is 30.2 Å². The van der Waals surface area contributed by atoms with Crippen LogP contribution in [-0.2, 0) is 0 Å². The molecule has 0 radical (unpaired) electrons. The van der Waals surface area contributed by atoms with Crippen LogP contribution in [0.1, 0.15) is 16.9 Å². The van der Waals surface area contributed by atoms with Gasteiger partial charge in [0.15, 0.2) is 5.43 Å². The summed E-state index contributed by atoms with van der Waals surface area (Å²) in [6, 6.07) is 17.0. The van der Waals surface area contributed by atoms with Crippen LogP contribution in [0.15, 0.2) is 63.8 Å². The number of fused-ring (bicyclic) bond motifs is 1. The molecule has 0 aliphatic heterocycles. The zero-order chi connectivity index (χ0) is 13.9. The Morgan fingerprint density at radius 3 is 2.55 bits per heavy atom. The van der Waals surface area contributed by atoms with Gasteiger partial charge in [-0.15, -0.1) is 0 Å². The number of hydrogen-bond acceptors (Lipinski definition) is 2. The summed E-state index contributed by atoms with van der Waals surface area (Å²) in [5, 5.41) is 0.627. The quantitative estimate of drug-likeness (QED) is 0.690. The maximum atomic E-state index is 12.1. The number of para-hydroxylation sites is 1. The molecule has 3 aromatic rings. The molecular weight excluding hydrogens is 248 g/mol. The van der Waals surface area contributed by atoms with Crippen molar-refractivity contribution in [2.45, 2.75) is 6.92 Å². The second-order valence-electron chi connectivity index (χ2n) is 4.71. The highest BCUT2D eigenvalue weighted by Crippen LogP contribution is 2.17. The fraction of sp³-hybridized carbons (Fsp3) is 0.0556. The van der Waals surface area contributed by atoms with Gasteiger partial charge in [-0.1, -0.05) is 48.5 Å². The van der Waals surface area contributed by atoms with Gasteiger partial charge < -0.3 is 4.42 Å². The fourth-order valence-electron chi connectivity index (χ4n) is 2.16. The Hall–Kier alpha value is -2.61. The Balaban J connectivity index is 2.07. The summed E-state index contributed by atoms with van der Waals surface area (Å²) < 4.78 is 5.81. The van der Waals surface area contributed by atoms with Crippen LogP contribution in [0, 0.1) is 6.92 Å². The van der Waals surface area contributed by atoms with E-state index in [1.165, 1.54) is 6.07 Å². The predicted octanol–water partition coefficient (Wildman–Crippen LogP) is 4.27. The van der Waals surface area contributed by atoms with Gasteiger partial charge in [0.2, 0.25) is 0 Å². The van der Waals surface area contributed by atoms with Crippen molar-refractivity contribution in [2.75, 3.05) is 0 Å². The zero-order valence-electron chi connectivity index (χ0n) is 11.2. The van der Waals surface area contributed by atoms with E-state index in [0.29, 0.717) is 16.7 Å². The molecule has 1 heterocycles. The molecule has 2 nitrogen and oxygen atoms in total. The molecule has 0 bridgehead atoms. The SMILES string of the molecule is Cc1cccc2c(=O)cc(C=Cc3ccccc3)oc12. The lowest BCUT2D eigenvalue weighted by Gasteiger charge is -2.01. The number of rotatable bonds is 2. The van der Waals surface area contributed by atoms with Crippen molar-refractivity contribution in [3.63, 3.8) is 0 Å². The van der Waals surface area contributed by atoms with Crippen LogP contribution in [0.2, 0.25) is 0 Å². The van der Waals surface area contributed by atoms with Crippen LogP contribution in [0.4, 0.5) is 0 Å². The van der Waals surface area contributed by atoms with Crippen LogP contribution < -0.4 is 5.43 Å². The Labute approximate surface area is 117 Å². The standard InChI is InChI=1S/C18H14O2/c1-13-6-5-9-16-17(19)12-15(20-18(13)16)11-10-14-7-3-2-4-8-14/h2-12H,1H3. The molecule has 0 N–H and O–H groups in total. The van der Waals surface area contributed by atoms with E-state index in [0.717, 1.165) is 11.1 Å². The molecule has 0 aliphatic rings. The maximum Gasteiger partial charge on any atom is 0.193 e. The first kappa shape index (κ1) is 12.4. The highest BCUT2D eigenvalue weighted by atomic mass is 16.3. The number of aryl methyl sites for hydroxylation is 1. The summed E-state index contributed by atoms with van der Waals surface area (Å²) in [7, 11) is 0. The van der Waals surface area contributed by atoms with Crippen molar-refractivity contribution in [1.29, 1.82) is 0 Å². The molecule has 2 aromatic carbocycles. The second-order valence-corrected chi connectivity index (χ2v) is 4.71. The summed E-state index contributed by atoms with van der Waals surface area (Å²) in [6.45, 7) is 1.94. The first-order valence-corrected chi connectivity index (χ1v) is 6.51. The van der Waals surface area contributed by atoms with E-state index in [9.17, 15) is 4.79 Å². The van der Waals surface area contributed by atoms with Gasteiger partial charge in [-0.3, -0.25) is 4.79 Å². The Morgan fingerprint density at radius 1 is 0.950 bits per heavy atom. The molecule has 2 heteroatoms. The van der Waals surface area contributed by atoms with Crippen molar-refractivity contribution in [3.8, 4) is 0 Å². The molecule has 0 spiro atoms. The van der Waals surface area contributed by atoms with Gasteiger partial charge >= 0.3 is 0 Å². The van der Waals surface area contributed by atoms with E-state index in [1.807, 2.05) is 61.5 Å². The lowest BCUT2D eigenvalue weighted by Crippen LogP contribution is -2.00. The Kier molecular flexibility index (Phi) is 3.21. The summed E-state index contributed by atoms with van der Waals surface area (Å²) >= 11 is 0. The lowest BCUT2D eigenvalue weighted by molar-refractivity contribution is 0.588. The molecule has 3 rings (SSSR count). The molecule has 1 aromatic heterocycles. The van der Waals surface area contributed by atoms with Gasteiger partial charge in [-0.25, -0.2) is 0 Å². The molecule has 0 amide bonds. The molecule has 0 fully saturated rings. The first-order chi connectivity index (χ1) is 9.74. The number of benzene rings is 2. The summed E-state index contributed by atoms with van der Waals surface area (Å²) in [4.78, 5) is 12.1. The first-order valence-electron chi connectivity index (χ1n) is 6.51. The summed E-state index contributed by atoms with van der Waals surface area (Å²) in [5.41, 5.74) is 2.69. The van der Waals surface area contributed by atoms with Gasteiger partial charge in [0.05, 0.1) is 5.39 Å². The van der Waals surface area contributed by atoms with E-state index in [2.05, 4.69) is 0 Å². The van der Waals surface area contributed by atoms with E-state index < -0.39 is 0 Å². The van der Waals surface area contributed by atoms with Crippen molar-refractivity contribution < 1.29 is 4.42 Å². The average molecular weight is 262 g/mol. The Bertz CT molecular complexity index is 827. The van der Waals surface area contributed by atoms with Gasteiger partial charge in [0.1, 0.15) is 11.3 Å². The van der Waals surface area contributed by atoms with Crippen molar-refractivity contribution in [3.05, 3.63) is 81.7 Å². The largest absolute Gasteiger partial charge is 0.456 e. The molecule has 0 unspecified atom stereocenters. The normalized spacial score (nSPS) is 11.2. The minimum absolute atomic E-state index is 0.0114.